The highest BCUT2D eigenvalue weighted by Crippen LogP contribution is 2.40. The number of benzene rings is 1. The first-order valence-electron chi connectivity index (χ1n) is 7.36. The lowest BCUT2D eigenvalue weighted by atomic mass is 9.89. The van der Waals surface area contributed by atoms with Crippen LogP contribution in [0.4, 0.5) is 13.2 Å². The minimum atomic E-state index is -4.33. The van der Waals surface area contributed by atoms with Gasteiger partial charge in [-0.1, -0.05) is 6.92 Å². The van der Waals surface area contributed by atoms with Crippen molar-refractivity contribution in [2.24, 2.45) is 0 Å². The van der Waals surface area contributed by atoms with Crippen molar-refractivity contribution in [2.45, 2.75) is 57.9 Å². The Balaban J connectivity index is 2.31. The minimum Gasteiger partial charge on any atom is -0.494 e. The van der Waals surface area contributed by atoms with Gasteiger partial charge in [-0.3, -0.25) is 0 Å². The van der Waals surface area contributed by atoms with E-state index in [1.165, 1.54) is 12.1 Å². The molecule has 1 fully saturated rings. The normalized spacial score (nSPS) is 23.0. The molecule has 1 aliphatic rings. The largest absolute Gasteiger partial charge is 0.494 e. The molecule has 3 unspecified atom stereocenters. The van der Waals surface area contributed by atoms with Crippen LogP contribution in [0.3, 0.4) is 0 Å². The topological polar surface area (TPSA) is 21.8 Å². The zero-order chi connectivity index (χ0) is 15.6. The van der Waals surface area contributed by atoms with Crippen molar-refractivity contribution in [1.82, 2.24) is 0 Å². The third-order valence-corrected chi connectivity index (χ3v) is 3.92. The fraction of sp³-hybridized carbons (Fsp3) is 0.625. The van der Waals surface area contributed by atoms with Gasteiger partial charge in [-0.05, 0) is 56.4 Å². The molecule has 5 heteroatoms. The number of hydrogen-bond donors (Lipinski definition) is 0. The van der Waals surface area contributed by atoms with Crippen LogP contribution in [-0.4, -0.2) is 18.8 Å². The number of rotatable bonds is 6. The summed E-state index contributed by atoms with van der Waals surface area (Å²) in [5.41, 5.74) is 0.0149. The Morgan fingerprint density at radius 1 is 1.29 bits per heavy atom. The van der Waals surface area contributed by atoms with E-state index in [1.807, 2.05) is 20.8 Å². The van der Waals surface area contributed by atoms with Crippen LogP contribution in [-0.2, 0) is 10.9 Å². The van der Waals surface area contributed by atoms with Crippen LogP contribution in [0.1, 0.15) is 50.7 Å². The molecule has 118 valence electrons. The minimum absolute atomic E-state index is 0.0174. The van der Waals surface area contributed by atoms with Crippen molar-refractivity contribution in [3.05, 3.63) is 29.3 Å². The number of halogens is 3. The Morgan fingerprint density at radius 3 is 2.43 bits per heavy atom. The van der Waals surface area contributed by atoms with Gasteiger partial charge in [0.1, 0.15) is 5.75 Å². The van der Waals surface area contributed by atoms with Crippen molar-refractivity contribution >= 4 is 0 Å². The summed E-state index contributed by atoms with van der Waals surface area (Å²) in [6.07, 6.45) is -2.48. The summed E-state index contributed by atoms with van der Waals surface area (Å²) in [4.78, 5) is 0. The summed E-state index contributed by atoms with van der Waals surface area (Å²) in [6, 6.07) is 3.74. The molecule has 0 spiro atoms. The Kier molecular flexibility index (Phi) is 4.81. The Morgan fingerprint density at radius 2 is 1.95 bits per heavy atom. The van der Waals surface area contributed by atoms with Crippen molar-refractivity contribution < 1.29 is 22.6 Å². The van der Waals surface area contributed by atoms with Gasteiger partial charge in [-0.25, -0.2) is 0 Å². The van der Waals surface area contributed by atoms with Gasteiger partial charge in [-0.15, -0.1) is 0 Å². The average molecular weight is 302 g/mol. The smallest absolute Gasteiger partial charge is 0.416 e. The quantitative estimate of drug-likeness (QED) is 0.706. The maximum absolute atomic E-state index is 12.9. The maximum atomic E-state index is 12.9. The lowest BCUT2D eigenvalue weighted by Gasteiger charge is -2.20. The molecule has 0 aliphatic carbocycles. The summed E-state index contributed by atoms with van der Waals surface area (Å²) in [6.45, 7) is 6.22. The summed E-state index contributed by atoms with van der Waals surface area (Å²) < 4.78 is 49.7. The van der Waals surface area contributed by atoms with E-state index in [4.69, 9.17) is 9.47 Å². The predicted molar refractivity (Wildman–Crippen MR) is 74.6 cm³/mol. The van der Waals surface area contributed by atoms with Crippen LogP contribution in [0, 0.1) is 0 Å². The molecule has 0 radical (unpaired) electrons. The highest BCUT2D eigenvalue weighted by Gasteiger charge is 2.37. The monoisotopic (exact) mass is 302 g/mol. The summed E-state index contributed by atoms with van der Waals surface area (Å²) in [7, 11) is 0. The predicted octanol–water partition coefficient (Wildman–Crippen LogP) is 4.78. The van der Waals surface area contributed by atoms with Gasteiger partial charge < -0.3 is 9.47 Å². The van der Waals surface area contributed by atoms with Crippen LogP contribution < -0.4 is 4.74 Å². The first kappa shape index (κ1) is 16.1. The number of alkyl halides is 3. The van der Waals surface area contributed by atoms with E-state index < -0.39 is 11.7 Å². The third-order valence-electron chi connectivity index (χ3n) is 3.92. The second kappa shape index (κ2) is 6.26. The van der Waals surface area contributed by atoms with Crippen molar-refractivity contribution in [3.8, 4) is 5.75 Å². The van der Waals surface area contributed by atoms with Crippen molar-refractivity contribution in [2.75, 3.05) is 6.61 Å². The van der Waals surface area contributed by atoms with Gasteiger partial charge in [-0.2, -0.15) is 13.2 Å². The van der Waals surface area contributed by atoms with Gasteiger partial charge in [0.2, 0.25) is 0 Å². The first-order chi connectivity index (χ1) is 9.86. The van der Waals surface area contributed by atoms with E-state index in [0.717, 1.165) is 18.9 Å². The van der Waals surface area contributed by atoms with E-state index in [9.17, 15) is 13.2 Å². The molecule has 1 aliphatic heterocycles. The van der Waals surface area contributed by atoms with E-state index in [2.05, 4.69) is 0 Å². The van der Waals surface area contributed by atoms with E-state index in [1.54, 1.807) is 0 Å². The molecular weight excluding hydrogens is 281 g/mol. The number of epoxide rings is 1. The van der Waals surface area contributed by atoms with Gasteiger partial charge in [0.15, 0.2) is 0 Å². The lowest BCUT2D eigenvalue weighted by Crippen LogP contribution is -2.10. The molecule has 1 heterocycles. The third kappa shape index (κ3) is 3.90. The van der Waals surface area contributed by atoms with E-state index in [0.29, 0.717) is 17.9 Å². The standard InChI is InChI=1S/C16H21F3O2/c1-4-11(8-15-10(3)21-15)13-9-12(16(17,18)19)6-7-14(13)20-5-2/h6-7,9-11,15H,4-5,8H2,1-3H3. The molecule has 3 atom stereocenters. The van der Waals surface area contributed by atoms with Crippen LogP contribution in [0.15, 0.2) is 18.2 Å². The molecule has 1 saturated heterocycles. The molecule has 1 aromatic carbocycles. The highest BCUT2D eigenvalue weighted by atomic mass is 19.4. The molecule has 0 amide bonds. The second-order valence-electron chi connectivity index (χ2n) is 5.40. The lowest BCUT2D eigenvalue weighted by molar-refractivity contribution is -0.137. The highest BCUT2D eigenvalue weighted by molar-refractivity contribution is 5.41. The van der Waals surface area contributed by atoms with Gasteiger partial charge in [0.25, 0.3) is 0 Å². The van der Waals surface area contributed by atoms with Crippen LogP contribution in [0.25, 0.3) is 0 Å². The summed E-state index contributed by atoms with van der Waals surface area (Å²) in [5.74, 6) is 0.564. The van der Waals surface area contributed by atoms with Crippen molar-refractivity contribution in [1.29, 1.82) is 0 Å². The maximum Gasteiger partial charge on any atom is 0.416 e. The van der Waals surface area contributed by atoms with Gasteiger partial charge >= 0.3 is 6.18 Å². The van der Waals surface area contributed by atoms with E-state index in [-0.39, 0.29) is 18.1 Å². The Labute approximate surface area is 123 Å². The molecule has 2 nitrogen and oxygen atoms in total. The second-order valence-corrected chi connectivity index (χ2v) is 5.40. The van der Waals surface area contributed by atoms with E-state index >= 15 is 0 Å². The molecule has 2 rings (SSSR count). The fourth-order valence-electron chi connectivity index (χ4n) is 2.60. The van der Waals surface area contributed by atoms with Crippen LogP contribution in [0.5, 0.6) is 5.75 Å². The first-order valence-corrected chi connectivity index (χ1v) is 7.36. The fourth-order valence-corrected chi connectivity index (χ4v) is 2.60. The zero-order valence-electron chi connectivity index (χ0n) is 12.5. The Bertz CT molecular complexity index is 485. The average Bonchev–Trinajstić information content (AvgIpc) is 3.11. The molecule has 1 aromatic rings. The SMILES string of the molecule is CCOc1ccc(C(F)(F)F)cc1C(CC)CC1OC1C. The molecular formula is C16H21F3O2. The molecule has 0 N–H and O–H groups in total. The van der Waals surface area contributed by atoms with Crippen molar-refractivity contribution in [3.63, 3.8) is 0 Å². The molecule has 0 saturated carbocycles. The zero-order valence-corrected chi connectivity index (χ0v) is 12.5. The molecule has 21 heavy (non-hydrogen) atoms. The molecule has 0 aromatic heterocycles. The summed E-state index contributed by atoms with van der Waals surface area (Å²) in [5, 5.41) is 0. The molecule has 0 bridgehead atoms. The van der Waals surface area contributed by atoms with Gasteiger partial charge in [0, 0.05) is 0 Å². The Hall–Kier alpha value is -1.23. The number of hydrogen-bond acceptors (Lipinski definition) is 2. The van der Waals surface area contributed by atoms with Crippen LogP contribution >= 0.6 is 0 Å². The number of ether oxygens (including phenoxy) is 2. The summed E-state index contributed by atoms with van der Waals surface area (Å²) >= 11 is 0. The van der Waals surface area contributed by atoms with Crippen LogP contribution in [0.2, 0.25) is 0 Å². The van der Waals surface area contributed by atoms with Gasteiger partial charge in [0.05, 0.1) is 24.4 Å².